The number of nitrogens with one attached hydrogen (secondary N) is 1. The number of fused-ring (bicyclic) bond motifs is 3. The predicted molar refractivity (Wildman–Crippen MR) is 188 cm³/mol. The number of pyridine rings is 1. The molecule has 1 atom stereocenters. The topological polar surface area (TPSA) is 109 Å². The summed E-state index contributed by atoms with van der Waals surface area (Å²) in [6.07, 6.45) is 6.03. The Morgan fingerprint density at radius 2 is 1.69 bits per heavy atom. The highest BCUT2D eigenvalue weighted by atomic mass is 16.5. The molecule has 11 nitrogen and oxygen atoms in total. The van der Waals surface area contributed by atoms with Crippen molar-refractivity contribution in [1.82, 2.24) is 18.9 Å². The van der Waals surface area contributed by atoms with Crippen molar-refractivity contribution in [3.05, 3.63) is 99.2 Å². The Hall–Kier alpha value is -5.16. The summed E-state index contributed by atoms with van der Waals surface area (Å²) in [5, 5.41) is 3.28. The van der Waals surface area contributed by atoms with Crippen LogP contribution in [0.5, 0.6) is 0 Å². The lowest BCUT2D eigenvalue weighted by Crippen LogP contribution is -2.48. The number of nitrogens with zero attached hydrogens (tertiary/aromatic N) is 5. The molecule has 2 aromatic heterocycles. The second-order valence-electron chi connectivity index (χ2n) is 13.3. The number of amides is 2. The van der Waals surface area contributed by atoms with Gasteiger partial charge < -0.3 is 29.0 Å². The van der Waals surface area contributed by atoms with Crippen LogP contribution < -0.4 is 15.8 Å². The van der Waals surface area contributed by atoms with Crippen LogP contribution >= 0.6 is 0 Å². The first-order valence-corrected chi connectivity index (χ1v) is 16.9. The Balaban J connectivity index is 1.22. The molecule has 0 bridgehead atoms. The molecule has 2 amide bonds. The highest BCUT2D eigenvalue weighted by Crippen LogP contribution is 2.36. The van der Waals surface area contributed by atoms with E-state index >= 15 is 0 Å². The van der Waals surface area contributed by atoms with E-state index in [1.165, 1.54) is 22.7 Å². The molecular weight excluding hydrogens is 620 g/mol. The molecule has 2 aromatic carbocycles. The fourth-order valence-corrected chi connectivity index (χ4v) is 7.48. The summed E-state index contributed by atoms with van der Waals surface area (Å²) in [6, 6.07) is 16.8. The maximum atomic E-state index is 14.0. The number of hydrogen-bond acceptors (Lipinski definition) is 7. The fraction of sp³-hybridized carbons (Fsp3) is 0.368. The lowest BCUT2D eigenvalue weighted by atomic mass is 9.98. The van der Waals surface area contributed by atoms with E-state index in [9.17, 15) is 19.2 Å². The van der Waals surface area contributed by atoms with Crippen LogP contribution in [0.4, 0.5) is 17.1 Å². The highest BCUT2D eigenvalue weighted by molar-refractivity contribution is 6.07. The number of carbonyl (C=O) groups is 3. The van der Waals surface area contributed by atoms with Gasteiger partial charge in [-0.05, 0) is 79.8 Å². The van der Waals surface area contributed by atoms with Gasteiger partial charge >= 0.3 is 5.97 Å². The van der Waals surface area contributed by atoms with Gasteiger partial charge in [0.15, 0.2) is 0 Å². The molecule has 11 heteroatoms. The number of carbonyl (C=O) groups excluding carboxylic acids is 3. The van der Waals surface area contributed by atoms with E-state index in [1.807, 2.05) is 61.5 Å². The summed E-state index contributed by atoms with van der Waals surface area (Å²) < 4.78 is 9.26. The van der Waals surface area contributed by atoms with E-state index in [0.717, 1.165) is 48.9 Å². The van der Waals surface area contributed by atoms with Crippen LogP contribution in [-0.2, 0) is 47.4 Å². The minimum absolute atomic E-state index is 0.0290. The molecule has 1 N–H and O–H groups in total. The number of hydrogen-bond donors (Lipinski definition) is 1. The van der Waals surface area contributed by atoms with E-state index in [-0.39, 0.29) is 30.0 Å². The zero-order valence-corrected chi connectivity index (χ0v) is 28.5. The van der Waals surface area contributed by atoms with E-state index < -0.39 is 5.97 Å². The van der Waals surface area contributed by atoms with Crippen molar-refractivity contribution in [2.45, 2.75) is 51.8 Å². The Morgan fingerprint density at radius 1 is 0.918 bits per heavy atom. The number of anilines is 3. The quantitative estimate of drug-likeness (QED) is 0.287. The third kappa shape index (κ3) is 6.03. The maximum Gasteiger partial charge on any atom is 0.302 e. The number of aromatic nitrogens is 2. The summed E-state index contributed by atoms with van der Waals surface area (Å²) in [5.41, 5.74) is 7.84. The third-order valence-electron chi connectivity index (χ3n) is 10.1. The van der Waals surface area contributed by atoms with Crippen LogP contribution in [0.25, 0.3) is 11.1 Å². The molecule has 7 rings (SSSR count). The number of esters is 1. The summed E-state index contributed by atoms with van der Waals surface area (Å²) in [5.74, 6) is -0.436. The summed E-state index contributed by atoms with van der Waals surface area (Å²) >= 11 is 0. The summed E-state index contributed by atoms with van der Waals surface area (Å²) in [6.45, 7) is 4.02. The highest BCUT2D eigenvalue weighted by Gasteiger charge is 2.33. The molecule has 2 aliphatic heterocycles. The number of ether oxygens (including phenoxy) is 1. The first kappa shape index (κ1) is 32.4. The van der Waals surface area contributed by atoms with E-state index in [1.54, 1.807) is 29.1 Å². The van der Waals surface area contributed by atoms with Crippen LogP contribution in [0.15, 0.2) is 65.6 Å². The SMILES string of the molecule is CC(=O)OCc1c(-c2cc(Nc3ccc(C4C(=O)N(C)CCN4C)cc3)c(=O)n(C)c2)cccc1N1CCn2c(cc3c2CCCC3)C1=O. The number of rotatable bonds is 7. The van der Waals surface area contributed by atoms with Crippen molar-refractivity contribution in [3.8, 4) is 11.1 Å². The number of aryl methyl sites for hydroxylation is 2. The van der Waals surface area contributed by atoms with Crippen molar-refractivity contribution in [2.75, 3.05) is 43.9 Å². The van der Waals surface area contributed by atoms with Gasteiger partial charge in [0.1, 0.15) is 24.0 Å². The van der Waals surface area contributed by atoms with Crippen LogP contribution in [0.3, 0.4) is 0 Å². The van der Waals surface area contributed by atoms with Gasteiger partial charge in [0.2, 0.25) is 5.91 Å². The monoisotopic (exact) mass is 662 g/mol. The summed E-state index contributed by atoms with van der Waals surface area (Å²) in [7, 11) is 5.47. The second kappa shape index (κ2) is 13.0. The molecule has 1 saturated heterocycles. The predicted octanol–water partition coefficient (Wildman–Crippen LogP) is 4.64. The van der Waals surface area contributed by atoms with Gasteiger partial charge in [0.05, 0.1) is 5.69 Å². The first-order valence-electron chi connectivity index (χ1n) is 16.9. The van der Waals surface area contributed by atoms with Gasteiger partial charge in [-0.2, -0.15) is 0 Å². The van der Waals surface area contributed by atoms with Crippen molar-refractivity contribution < 1.29 is 19.1 Å². The molecule has 0 radical (unpaired) electrons. The molecule has 1 fully saturated rings. The van der Waals surface area contributed by atoms with E-state index in [2.05, 4.69) is 16.0 Å². The smallest absolute Gasteiger partial charge is 0.302 e. The Labute approximate surface area is 285 Å². The summed E-state index contributed by atoms with van der Waals surface area (Å²) in [4.78, 5) is 57.9. The number of benzene rings is 2. The molecule has 254 valence electrons. The van der Waals surface area contributed by atoms with Crippen molar-refractivity contribution in [2.24, 2.45) is 7.05 Å². The Kier molecular flexibility index (Phi) is 8.62. The van der Waals surface area contributed by atoms with Gasteiger partial charge in [-0.15, -0.1) is 0 Å². The zero-order valence-electron chi connectivity index (χ0n) is 28.5. The molecule has 4 aromatic rings. The average molecular weight is 663 g/mol. The van der Waals surface area contributed by atoms with E-state index in [0.29, 0.717) is 48.0 Å². The molecule has 1 unspecified atom stereocenters. The Bertz CT molecular complexity index is 2010. The van der Waals surface area contributed by atoms with Crippen molar-refractivity contribution >= 4 is 34.8 Å². The van der Waals surface area contributed by atoms with Crippen LogP contribution in [0, 0.1) is 0 Å². The zero-order chi connectivity index (χ0) is 34.4. The van der Waals surface area contributed by atoms with Gasteiger partial charge in [0, 0.05) is 75.9 Å². The largest absolute Gasteiger partial charge is 0.461 e. The minimum atomic E-state index is -0.425. The van der Waals surface area contributed by atoms with E-state index in [4.69, 9.17) is 4.74 Å². The first-order chi connectivity index (χ1) is 23.6. The van der Waals surface area contributed by atoms with Gasteiger partial charge in [-0.3, -0.25) is 24.1 Å². The van der Waals surface area contributed by atoms with Crippen molar-refractivity contribution in [3.63, 3.8) is 0 Å². The van der Waals surface area contributed by atoms with Gasteiger partial charge in [-0.25, -0.2) is 0 Å². The van der Waals surface area contributed by atoms with Gasteiger partial charge in [0.25, 0.3) is 11.5 Å². The Morgan fingerprint density at radius 3 is 2.47 bits per heavy atom. The molecule has 49 heavy (non-hydrogen) atoms. The molecule has 4 heterocycles. The molecule has 1 aliphatic carbocycles. The lowest BCUT2D eigenvalue weighted by Gasteiger charge is -2.37. The number of likely N-dealkylation sites (N-methyl/N-ethyl adjacent to an activating group) is 2. The lowest BCUT2D eigenvalue weighted by molar-refractivity contribution is -0.142. The molecule has 0 saturated carbocycles. The normalized spacial score (nSPS) is 17.9. The fourth-order valence-electron chi connectivity index (χ4n) is 7.48. The van der Waals surface area contributed by atoms with Crippen LogP contribution in [0.1, 0.15) is 58.7 Å². The standard InChI is InChI=1S/C38H42N6O5/c1-24(45)49-23-30-29(9-7-11-33(30)44-19-18-43-32-10-6-5-8-26(32)21-34(43)37(44)47)27-20-31(36(46)42(4)22-27)39-28-14-12-25(13-15-28)35-38(48)41(3)17-16-40(35)2/h7,9,11-15,20-22,35,39H,5-6,8,10,16-19,23H2,1-4H3. The average Bonchev–Trinajstić information content (AvgIpc) is 3.48. The number of piperazine rings is 1. The van der Waals surface area contributed by atoms with Crippen LogP contribution in [0.2, 0.25) is 0 Å². The van der Waals surface area contributed by atoms with Crippen molar-refractivity contribution in [1.29, 1.82) is 0 Å². The maximum absolute atomic E-state index is 14.0. The molecular formula is C38H42N6O5. The molecule has 0 spiro atoms. The minimum Gasteiger partial charge on any atom is -0.461 e. The third-order valence-corrected chi connectivity index (χ3v) is 10.1. The van der Waals surface area contributed by atoms with Gasteiger partial charge in [-0.1, -0.05) is 24.3 Å². The molecule has 3 aliphatic rings. The second-order valence-corrected chi connectivity index (χ2v) is 13.3. The van der Waals surface area contributed by atoms with Crippen LogP contribution in [-0.4, -0.2) is 70.4 Å².